The Morgan fingerprint density at radius 3 is 2.70 bits per heavy atom. The van der Waals surface area contributed by atoms with Gasteiger partial charge in [-0.1, -0.05) is 11.6 Å². The number of benzene rings is 1. The molecule has 0 fully saturated rings. The highest BCUT2D eigenvalue weighted by Crippen LogP contribution is 2.21. The van der Waals surface area contributed by atoms with Gasteiger partial charge in [0.2, 0.25) is 0 Å². The number of carbonyl (C=O) groups excluding carboxylic acids is 1. The molecule has 4 nitrogen and oxygen atoms in total. The number of aliphatic hydroxyl groups is 1. The Hall–Kier alpha value is -1.47. The van der Waals surface area contributed by atoms with E-state index in [1.807, 2.05) is 5.32 Å². The van der Waals surface area contributed by atoms with E-state index in [9.17, 15) is 18.0 Å². The summed E-state index contributed by atoms with van der Waals surface area (Å²) in [6, 6.07) is 4.74. The van der Waals surface area contributed by atoms with E-state index in [0.29, 0.717) is 16.3 Å². The summed E-state index contributed by atoms with van der Waals surface area (Å²) in [5.74, 6) is -0.358. The highest BCUT2D eigenvalue weighted by Gasteiger charge is 2.38. The number of amides is 1. The van der Waals surface area contributed by atoms with Crippen molar-refractivity contribution in [3.63, 3.8) is 0 Å². The van der Waals surface area contributed by atoms with Gasteiger partial charge in [-0.2, -0.15) is 13.2 Å². The van der Waals surface area contributed by atoms with Gasteiger partial charge < -0.3 is 15.2 Å². The number of hydrogen-bond acceptors (Lipinski definition) is 3. The molecule has 0 aliphatic rings. The van der Waals surface area contributed by atoms with Crippen molar-refractivity contribution in [2.24, 2.45) is 0 Å². The van der Waals surface area contributed by atoms with Gasteiger partial charge in [-0.15, -0.1) is 0 Å². The van der Waals surface area contributed by atoms with Crippen molar-refractivity contribution in [3.05, 3.63) is 28.8 Å². The zero-order chi connectivity index (χ0) is 15.3. The highest BCUT2D eigenvalue weighted by atomic mass is 35.5. The standard InChI is InChI=1S/C12H13ClF3NO3/c1-7-4-8(13)2-3-9(7)20-6-11(19)17-5-10(18)12(14,15)16/h2-4,10,18H,5-6H2,1H3,(H,17,19). The Balaban J connectivity index is 2.40. The van der Waals surface area contributed by atoms with Gasteiger partial charge in [0.05, 0.1) is 6.54 Å². The number of nitrogens with one attached hydrogen (secondary N) is 1. The van der Waals surface area contributed by atoms with Crippen molar-refractivity contribution in [2.45, 2.75) is 19.2 Å². The number of aliphatic hydroxyl groups excluding tert-OH is 1. The minimum atomic E-state index is -4.76. The van der Waals surface area contributed by atoms with Crippen LogP contribution in [0.15, 0.2) is 18.2 Å². The van der Waals surface area contributed by atoms with Gasteiger partial charge in [-0.25, -0.2) is 0 Å². The Labute approximate surface area is 118 Å². The Bertz CT molecular complexity index is 480. The second kappa shape index (κ2) is 6.81. The molecule has 0 spiro atoms. The number of rotatable bonds is 5. The van der Waals surface area contributed by atoms with Gasteiger partial charge in [0, 0.05) is 5.02 Å². The van der Waals surface area contributed by atoms with E-state index in [2.05, 4.69) is 0 Å². The van der Waals surface area contributed by atoms with Gasteiger partial charge in [-0.3, -0.25) is 4.79 Å². The van der Waals surface area contributed by atoms with Crippen LogP contribution in [0.2, 0.25) is 5.02 Å². The van der Waals surface area contributed by atoms with E-state index in [1.165, 1.54) is 0 Å². The molecule has 1 aromatic rings. The summed E-state index contributed by atoms with van der Waals surface area (Å²) < 4.78 is 41.1. The molecule has 0 aliphatic heterocycles. The molecule has 1 rings (SSSR count). The molecule has 0 saturated carbocycles. The second-order valence-electron chi connectivity index (χ2n) is 4.06. The molecule has 0 saturated heterocycles. The van der Waals surface area contributed by atoms with Crippen LogP contribution in [0.3, 0.4) is 0 Å². The topological polar surface area (TPSA) is 58.6 Å². The third kappa shape index (κ3) is 5.26. The molecular formula is C12H13ClF3NO3. The van der Waals surface area contributed by atoms with Crippen molar-refractivity contribution >= 4 is 17.5 Å². The van der Waals surface area contributed by atoms with Crippen LogP contribution in [0.1, 0.15) is 5.56 Å². The molecule has 0 bridgehead atoms. The van der Waals surface area contributed by atoms with E-state index in [4.69, 9.17) is 21.4 Å². The van der Waals surface area contributed by atoms with E-state index in [1.54, 1.807) is 25.1 Å². The summed E-state index contributed by atoms with van der Waals surface area (Å²) in [4.78, 5) is 11.3. The normalized spacial score (nSPS) is 12.9. The first-order valence-electron chi connectivity index (χ1n) is 5.60. The summed E-state index contributed by atoms with van der Waals surface area (Å²) in [5, 5.41) is 11.1. The first kappa shape index (κ1) is 16.6. The molecule has 2 N–H and O–H groups in total. The maximum Gasteiger partial charge on any atom is 0.416 e. The average molecular weight is 312 g/mol. The van der Waals surface area contributed by atoms with E-state index < -0.39 is 31.3 Å². The zero-order valence-corrected chi connectivity index (χ0v) is 11.3. The first-order valence-corrected chi connectivity index (χ1v) is 5.98. The smallest absolute Gasteiger partial charge is 0.416 e. The monoisotopic (exact) mass is 311 g/mol. The molecule has 112 valence electrons. The Morgan fingerprint density at radius 1 is 1.50 bits per heavy atom. The average Bonchev–Trinajstić information content (AvgIpc) is 2.33. The van der Waals surface area contributed by atoms with Crippen LogP contribution in [-0.2, 0) is 4.79 Å². The van der Waals surface area contributed by atoms with Crippen LogP contribution in [0, 0.1) is 6.92 Å². The van der Waals surface area contributed by atoms with Crippen molar-refractivity contribution in [2.75, 3.05) is 13.2 Å². The van der Waals surface area contributed by atoms with Crippen LogP contribution < -0.4 is 10.1 Å². The quantitative estimate of drug-likeness (QED) is 0.875. The zero-order valence-electron chi connectivity index (χ0n) is 10.5. The summed E-state index contributed by atoms with van der Waals surface area (Å²) in [6.45, 7) is 0.352. The largest absolute Gasteiger partial charge is 0.484 e. The lowest BCUT2D eigenvalue weighted by atomic mass is 10.2. The van der Waals surface area contributed by atoms with Crippen LogP contribution in [0.5, 0.6) is 5.75 Å². The number of halogens is 4. The lowest BCUT2D eigenvalue weighted by Crippen LogP contribution is -2.42. The van der Waals surface area contributed by atoms with Gasteiger partial charge >= 0.3 is 6.18 Å². The summed E-state index contributed by atoms with van der Waals surface area (Å²) in [6.07, 6.45) is -7.36. The van der Waals surface area contributed by atoms with Gasteiger partial charge in [0.1, 0.15) is 5.75 Å². The molecule has 1 amide bonds. The van der Waals surface area contributed by atoms with Gasteiger partial charge in [-0.05, 0) is 30.7 Å². The molecule has 0 aromatic heterocycles. The molecule has 0 heterocycles. The lowest BCUT2D eigenvalue weighted by molar-refractivity contribution is -0.201. The minimum Gasteiger partial charge on any atom is -0.484 e. The van der Waals surface area contributed by atoms with Crippen LogP contribution in [0.25, 0.3) is 0 Å². The maximum atomic E-state index is 12.0. The number of ether oxygens (including phenoxy) is 1. The van der Waals surface area contributed by atoms with Crippen molar-refractivity contribution in [3.8, 4) is 5.75 Å². The molecule has 1 atom stereocenters. The predicted octanol–water partition coefficient (Wildman–Crippen LogP) is 2.07. The Morgan fingerprint density at radius 2 is 2.15 bits per heavy atom. The number of aryl methyl sites for hydroxylation is 1. The summed E-state index contributed by atoms with van der Waals surface area (Å²) in [5.41, 5.74) is 0.695. The van der Waals surface area contributed by atoms with E-state index >= 15 is 0 Å². The molecule has 20 heavy (non-hydrogen) atoms. The van der Waals surface area contributed by atoms with E-state index in [-0.39, 0.29) is 0 Å². The van der Waals surface area contributed by atoms with Gasteiger partial charge in [0.25, 0.3) is 5.91 Å². The number of carbonyl (C=O) groups is 1. The number of hydrogen-bond donors (Lipinski definition) is 2. The summed E-state index contributed by atoms with van der Waals surface area (Å²) >= 11 is 5.74. The SMILES string of the molecule is Cc1cc(Cl)ccc1OCC(=O)NCC(O)C(F)(F)F. The lowest BCUT2D eigenvalue weighted by Gasteiger charge is -2.15. The van der Waals surface area contributed by atoms with Crippen LogP contribution in [0.4, 0.5) is 13.2 Å². The fourth-order valence-electron chi connectivity index (χ4n) is 1.30. The first-order chi connectivity index (χ1) is 9.20. The fraction of sp³-hybridized carbons (Fsp3) is 0.417. The van der Waals surface area contributed by atoms with Crippen LogP contribution in [-0.4, -0.2) is 36.4 Å². The molecular weight excluding hydrogens is 299 g/mol. The third-order valence-electron chi connectivity index (χ3n) is 2.37. The van der Waals surface area contributed by atoms with Gasteiger partial charge in [0.15, 0.2) is 12.7 Å². The molecule has 0 aliphatic carbocycles. The highest BCUT2D eigenvalue weighted by molar-refractivity contribution is 6.30. The van der Waals surface area contributed by atoms with Crippen molar-refractivity contribution in [1.82, 2.24) is 5.32 Å². The fourth-order valence-corrected chi connectivity index (χ4v) is 1.52. The molecule has 0 radical (unpaired) electrons. The maximum absolute atomic E-state index is 12.0. The predicted molar refractivity (Wildman–Crippen MR) is 66.8 cm³/mol. The van der Waals surface area contributed by atoms with Crippen LogP contribution >= 0.6 is 11.6 Å². The third-order valence-corrected chi connectivity index (χ3v) is 2.60. The second-order valence-corrected chi connectivity index (χ2v) is 4.50. The van der Waals surface area contributed by atoms with Crippen molar-refractivity contribution < 1.29 is 27.8 Å². The molecule has 8 heteroatoms. The van der Waals surface area contributed by atoms with E-state index in [0.717, 1.165) is 0 Å². The minimum absolute atomic E-state index is 0.404. The number of alkyl halides is 3. The summed E-state index contributed by atoms with van der Waals surface area (Å²) in [7, 11) is 0. The van der Waals surface area contributed by atoms with Crippen molar-refractivity contribution in [1.29, 1.82) is 0 Å². The molecule has 1 unspecified atom stereocenters. The molecule has 1 aromatic carbocycles. The Kier molecular flexibility index (Phi) is 5.64.